The predicted octanol–water partition coefficient (Wildman–Crippen LogP) is 2.33. The Morgan fingerprint density at radius 2 is 2.00 bits per heavy atom. The van der Waals surface area contributed by atoms with Gasteiger partial charge < -0.3 is 4.74 Å². The highest BCUT2D eigenvalue weighted by atomic mass is 16.5. The van der Waals surface area contributed by atoms with Crippen molar-refractivity contribution in [3.8, 4) is 0 Å². The highest BCUT2D eigenvalue weighted by molar-refractivity contribution is 5.18. The van der Waals surface area contributed by atoms with Gasteiger partial charge in [-0.2, -0.15) is 0 Å². The molecule has 1 aliphatic rings. The molecule has 0 spiro atoms. The van der Waals surface area contributed by atoms with E-state index in [9.17, 15) is 0 Å². The summed E-state index contributed by atoms with van der Waals surface area (Å²) in [5.74, 6) is 0.531. The molecule has 2 rings (SSSR count). The van der Waals surface area contributed by atoms with Crippen molar-refractivity contribution in [1.82, 2.24) is 5.32 Å². The fourth-order valence-corrected chi connectivity index (χ4v) is 1.75. The third kappa shape index (κ3) is 1.97. The highest BCUT2D eigenvalue weighted by Crippen LogP contribution is 2.25. The molecule has 0 bridgehead atoms. The first-order chi connectivity index (χ1) is 6.77. The van der Waals surface area contributed by atoms with Crippen LogP contribution in [0.2, 0.25) is 0 Å². The van der Waals surface area contributed by atoms with Gasteiger partial charge in [0, 0.05) is 6.54 Å². The van der Waals surface area contributed by atoms with Crippen molar-refractivity contribution in [3.05, 3.63) is 35.9 Å². The molecule has 1 N–H and O–H groups in total. The summed E-state index contributed by atoms with van der Waals surface area (Å²) in [5.41, 5.74) is 1.27. The lowest BCUT2D eigenvalue weighted by Gasteiger charge is -2.15. The van der Waals surface area contributed by atoms with E-state index in [0.717, 1.165) is 6.54 Å². The molecule has 1 aromatic rings. The van der Waals surface area contributed by atoms with E-state index in [1.807, 2.05) is 6.07 Å². The average Bonchev–Trinajstić information content (AvgIpc) is 2.68. The summed E-state index contributed by atoms with van der Waals surface area (Å²) in [6.07, 6.45) is 0.434. The molecule has 76 valence electrons. The van der Waals surface area contributed by atoms with Crippen molar-refractivity contribution < 1.29 is 4.74 Å². The molecular formula is C12H17NO. The molecule has 2 unspecified atom stereocenters. The van der Waals surface area contributed by atoms with Crippen molar-refractivity contribution in [2.45, 2.75) is 26.2 Å². The second-order valence-corrected chi connectivity index (χ2v) is 4.11. The third-order valence-electron chi connectivity index (χ3n) is 2.59. The zero-order chi connectivity index (χ0) is 9.97. The summed E-state index contributed by atoms with van der Waals surface area (Å²) in [6, 6.07) is 10.4. The summed E-state index contributed by atoms with van der Waals surface area (Å²) in [4.78, 5) is 0. The molecule has 0 radical (unpaired) electrons. The van der Waals surface area contributed by atoms with Crippen LogP contribution in [-0.4, -0.2) is 12.8 Å². The standard InChI is InChI=1S/C12H17NO/c1-9(2)12-13-8-11(14-12)10-6-4-3-5-7-10/h3-7,9,11-13H,8H2,1-2H3. The smallest absolute Gasteiger partial charge is 0.111 e. The Morgan fingerprint density at radius 1 is 1.29 bits per heavy atom. The minimum atomic E-state index is 0.209. The zero-order valence-electron chi connectivity index (χ0n) is 8.73. The molecule has 1 aromatic carbocycles. The Kier molecular flexibility index (Phi) is 2.85. The Balaban J connectivity index is 2.03. The van der Waals surface area contributed by atoms with Crippen molar-refractivity contribution in [3.63, 3.8) is 0 Å². The van der Waals surface area contributed by atoms with Crippen LogP contribution < -0.4 is 5.32 Å². The van der Waals surface area contributed by atoms with Gasteiger partial charge in [-0.15, -0.1) is 0 Å². The van der Waals surface area contributed by atoms with E-state index in [-0.39, 0.29) is 12.3 Å². The maximum absolute atomic E-state index is 5.90. The van der Waals surface area contributed by atoms with E-state index in [2.05, 4.69) is 43.4 Å². The van der Waals surface area contributed by atoms with E-state index >= 15 is 0 Å². The first kappa shape index (κ1) is 9.69. The van der Waals surface area contributed by atoms with Gasteiger partial charge in [0.2, 0.25) is 0 Å². The SMILES string of the molecule is CC(C)C1NCC(c2ccccc2)O1. The molecule has 1 saturated heterocycles. The van der Waals surface area contributed by atoms with Crippen molar-refractivity contribution in [2.75, 3.05) is 6.54 Å². The van der Waals surface area contributed by atoms with Gasteiger partial charge in [-0.25, -0.2) is 0 Å². The first-order valence-electron chi connectivity index (χ1n) is 5.21. The Labute approximate surface area is 85.3 Å². The van der Waals surface area contributed by atoms with Crippen LogP contribution in [-0.2, 0) is 4.74 Å². The van der Waals surface area contributed by atoms with Crippen molar-refractivity contribution in [1.29, 1.82) is 0 Å². The maximum Gasteiger partial charge on any atom is 0.111 e. The van der Waals surface area contributed by atoms with Crippen LogP contribution in [0.3, 0.4) is 0 Å². The van der Waals surface area contributed by atoms with Gasteiger partial charge in [0.05, 0.1) is 6.10 Å². The second kappa shape index (κ2) is 4.11. The van der Waals surface area contributed by atoms with Crippen LogP contribution in [0, 0.1) is 5.92 Å². The lowest BCUT2D eigenvalue weighted by Crippen LogP contribution is -2.27. The predicted molar refractivity (Wildman–Crippen MR) is 56.9 cm³/mol. The highest BCUT2D eigenvalue weighted by Gasteiger charge is 2.27. The first-order valence-corrected chi connectivity index (χ1v) is 5.21. The third-order valence-corrected chi connectivity index (χ3v) is 2.59. The number of benzene rings is 1. The molecule has 14 heavy (non-hydrogen) atoms. The number of hydrogen-bond donors (Lipinski definition) is 1. The molecule has 1 aliphatic heterocycles. The molecule has 0 saturated carbocycles. The van der Waals surface area contributed by atoms with E-state index in [4.69, 9.17) is 4.74 Å². The molecule has 1 fully saturated rings. The average molecular weight is 191 g/mol. The Hall–Kier alpha value is -0.860. The second-order valence-electron chi connectivity index (χ2n) is 4.11. The van der Waals surface area contributed by atoms with E-state index < -0.39 is 0 Å². The summed E-state index contributed by atoms with van der Waals surface area (Å²) in [6.45, 7) is 5.27. The molecule has 0 aromatic heterocycles. The molecular weight excluding hydrogens is 174 g/mol. The van der Waals surface area contributed by atoms with Crippen molar-refractivity contribution >= 4 is 0 Å². The fraction of sp³-hybridized carbons (Fsp3) is 0.500. The molecule has 2 heteroatoms. The van der Waals surface area contributed by atoms with E-state index in [1.165, 1.54) is 5.56 Å². The maximum atomic E-state index is 5.90. The lowest BCUT2D eigenvalue weighted by molar-refractivity contribution is 0.0136. The summed E-state index contributed by atoms with van der Waals surface area (Å²) in [5, 5.41) is 3.38. The van der Waals surface area contributed by atoms with E-state index in [1.54, 1.807) is 0 Å². The van der Waals surface area contributed by atoms with Crippen LogP contribution in [0.5, 0.6) is 0 Å². The minimum absolute atomic E-state index is 0.209. The molecule has 0 aliphatic carbocycles. The van der Waals surface area contributed by atoms with Crippen molar-refractivity contribution in [2.24, 2.45) is 5.92 Å². The van der Waals surface area contributed by atoms with E-state index in [0.29, 0.717) is 5.92 Å². The number of hydrogen-bond acceptors (Lipinski definition) is 2. The minimum Gasteiger partial charge on any atom is -0.354 e. The Morgan fingerprint density at radius 3 is 2.57 bits per heavy atom. The Bertz CT molecular complexity index is 284. The van der Waals surface area contributed by atoms with Gasteiger partial charge in [0.15, 0.2) is 0 Å². The van der Waals surface area contributed by atoms with Gasteiger partial charge >= 0.3 is 0 Å². The number of rotatable bonds is 2. The topological polar surface area (TPSA) is 21.3 Å². The molecule has 2 nitrogen and oxygen atoms in total. The largest absolute Gasteiger partial charge is 0.354 e. The van der Waals surface area contributed by atoms with Crippen LogP contribution in [0.1, 0.15) is 25.5 Å². The van der Waals surface area contributed by atoms with Crippen LogP contribution in [0.25, 0.3) is 0 Å². The summed E-state index contributed by atoms with van der Waals surface area (Å²) < 4.78 is 5.90. The quantitative estimate of drug-likeness (QED) is 0.774. The monoisotopic (exact) mass is 191 g/mol. The van der Waals surface area contributed by atoms with Gasteiger partial charge in [-0.1, -0.05) is 44.2 Å². The van der Waals surface area contributed by atoms with Crippen LogP contribution >= 0.6 is 0 Å². The lowest BCUT2D eigenvalue weighted by atomic mass is 10.1. The number of nitrogens with one attached hydrogen (secondary N) is 1. The van der Waals surface area contributed by atoms with Gasteiger partial charge in [0.1, 0.15) is 6.23 Å². The summed E-state index contributed by atoms with van der Waals surface area (Å²) in [7, 11) is 0. The summed E-state index contributed by atoms with van der Waals surface area (Å²) >= 11 is 0. The van der Waals surface area contributed by atoms with Crippen LogP contribution in [0.4, 0.5) is 0 Å². The van der Waals surface area contributed by atoms with Gasteiger partial charge in [0.25, 0.3) is 0 Å². The molecule has 0 amide bonds. The number of ether oxygens (including phenoxy) is 1. The normalized spacial score (nSPS) is 27.1. The molecule has 1 heterocycles. The van der Waals surface area contributed by atoms with Gasteiger partial charge in [-0.05, 0) is 11.5 Å². The fourth-order valence-electron chi connectivity index (χ4n) is 1.75. The molecule has 2 atom stereocenters. The van der Waals surface area contributed by atoms with Gasteiger partial charge in [-0.3, -0.25) is 5.32 Å². The zero-order valence-corrected chi connectivity index (χ0v) is 8.73. The van der Waals surface area contributed by atoms with Crippen LogP contribution in [0.15, 0.2) is 30.3 Å².